The van der Waals surface area contributed by atoms with E-state index >= 15 is 0 Å². The summed E-state index contributed by atoms with van der Waals surface area (Å²) in [6.07, 6.45) is 0. The molecule has 2 amide bonds. The van der Waals surface area contributed by atoms with Gasteiger partial charge in [0.2, 0.25) is 0 Å². The number of nitriles is 1. The molecule has 0 saturated heterocycles. The van der Waals surface area contributed by atoms with Gasteiger partial charge in [-0.2, -0.15) is 10.4 Å². The Morgan fingerprint density at radius 3 is 2.48 bits per heavy atom. The molecule has 0 radical (unpaired) electrons. The van der Waals surface area contributed by atoms with Crippen LogP contribution < -0.4 is 11.1 Å². The second kappa shape index (κ2) is 8.71. The summed E-state index contributed by atoms with van der Waals surface area (Å²) in [5, 5.41) is 16.4. The Bertz CT molecular complexity index is 1070. The molecule has 0 atom stereocenters. The van der Waals surface area contributed by atoms with Gasteiger partial charge in [-0.1, -0.05) is 30.3 Å². The number of hydrogen-bond donors (Lipinski definition) is 2. The lowest BCUT2D eigenvalue weighted by Crippen LogP contribution is -2.28. The van der Waals surface area contributed by atoms with E-state index in [0.717, 1.165) is 11.3 Å². The number of urea groups is 1. The number of esters is 1. The molecule has 0 saturated carbocycles. The fourth-order valence-electron chi connectivity index (χ4n) is 2.80. The first-order valence-electron chi connectivity index (χ1n) is 8.83. The zero-order valence-corrected chi connectivity index (χ0v) is 15.8. The van der Waals surface area contributed by atoms with Gasteiger partial charge in [-0.05, 0) is 36.8 Å². The van der Waals surface area contributed by atoms with E-state index in [-0.39, 0.29) is 13.2 Å². The number of nitrogens with zero attached hydrogens (tertiary/aromatic N) is 3. The highest BCUT2D eigenvalue weighted by Gasteiger charge is 2.18. The minimum Gasteiger partial charge on any atom is -0.456 e. The molecule has 8 heteroatoms. The molecule has 0 unspecified atom stereocenters. The number of ether oxygens (including phenoxy) is 1. The molecule has 146 valence electrons. The van der Waals surface area contributed by atoms with E-state index in [1.807, 2.05) is 30.3 Å². The van der Waals surface area contributed by atoms with Gasteiger partial charge >= 0.3 is 12.0 Å². The summed E-state index contributed by atoms with van der Waals surface area (Å²) >= 11 is 0. The maximum atomic E-state index is 12.4. The molecule has 3 rings (SSSR count). The number of para-hydroxylation sites is 1. The van der Waals surface area contributed by atoms with E-state index in [0.29, 0.717) is 22.5 Å². The maximum Gasteiger partial charge on any atom is 0.338 e. The van der Waals surface area contributed by atoms with Crippen molar-refractivity contribution in [2.75, 3.05) is 0 Å². The molecule has 8 nitrogen and oxygen atoms in total. The molecule has 0 aliphatic rings. The van der Waals surface area contributed by atoms with Crippen molar-refractivity contribution in [3.05, 3.63) is 82.7 Å². The standard InChI is InChI=1S/C21H19N5O3/c1-14-18(11-22)19(26(25-14)17-5-3-2-4-6-17)13-29-20(27)16-9-7-15(8-10-16)12-24-21(23)28/h2-10H,12-13H2,1H3,(H3,23,24,28). The van der Waals surface area contributed by atoms with Crippen LogP contribution in [0.5, 0.6) is 0 Å². The number of carbonyl (C=O) groups is 2. The van der Waals surface area contributed by atoms with E-state index in [1.165, 1.54) is 0 Å². The van der Waals surface area contributed by atoms with Crippen molar-refractivity contribution in [2.45, 2.75) is 20.1 Å². The van der Waals surface area contributed by atoms with Gasteiger partial charge in [0.15, 0.2) is 0 Å². The van der Waals surface area contributed by atoms with Crippen LogP contribution >= 0.6 is 0 Å². The van der Waals surface area contributed by atoms with E-state index in [9.17, 15) is 14.9 Å². The summed E-state index contributed by atoms with van der Waals surface area (Å²) in [6, 6.07) is 17.4. The lowest BCUT2D eigenvalue weighted by Gasteiger charge is -2.09. The third kappa shape index (κ3) is 4.59. The van der Waals surface area contributed by atoms with Gasteiger partial charge < -0.3 is 15.8 Å². The molecule has 2 aromatic carbocycles. The predicted molar refractivity (Wildman–Crippen MR) is 105 cm³/mol. The Kier molecular flexibility index (Phi) is 5.90. The average molecular weight is 389 g/mol. The molecule has 29 heavy (non-hydrogen) atoms. The maximum absolute atomic E-state index is 12.4. The lowest BCUT2D eigenvalue weighted by atomic mass is 10.1. The summed E-state index contributed by atoms with van der Waals surface area (Å²) in [6.45, 7) is 1.91. The smallest absolute Gasteiger partial charge is 0.338 e. The molecular weight excluding hydrogens is 370 g/mol. The van der Waals surface area contributed by atoms with Gasteiger partial charge in [0.25, 0.3) is 0 Å². The predicted octanol–water partition coefficient (Wildman–Crippen LogP) is 2.58. The first kappa shape index (κ1) is 19.6. The molecule has 0 spiro atoms. The third-order valence-corrected chi connectivity index (χ3v) is 4.26. The minimum absolute atomic E-state index is 0.0948. The lowest BCUT2D eigenvalue weighted by molar-refractivity contribution is 0.0464. The van der Waals surface area contributed by atoms with Crippen molar-refractivity contribution < 1.29 is 14.3 Å². The largest absolute Gasteiger partial charge is 0.456 e. The summed E-state index contributed by atoms with van der Waals surface area (Å²) in [4.78, 5) is 23.2. The quantitative estimate of drug-likeness (QED) is 0.627. The summed E-state index contributed by atoms with van der Waals surface area (Å²) in [5.74, 6) is -0.526. The van der Waals surface area contributed by atoms with Gasteiger partial charge in [0.05, 0.1) is 22.6 Å². The van der Waals surface area contributed by atoms with Gasteiger partial charge in [-0.15, -0.1) is 0 Å². The molecule has 3 aromatic rings. The summed E-state index contributed by atoms with van der Waals surface area (Å²) < 4.78 is 7.04. The molecule has 0 aliphatic heterocycles. The first-order chi connectivity index (χ1) is 14.0. The number of rotatable bonds is 6. The number of carbonyl (C=O) groups excluding carboxylic acids is 2. The SMILES string of the molecule is Cc1nn(-c2ccccc2)c(COC(=O)c2ccc(CNC(N)=O)cc2)c1C#N. The molecule has 1 heterocycles. The second-order valence-electron chi connectivity index (χ2n) is 6.26. The summed E-state index contributed by atoms with van der Waals surface area (Å²) in [7, 11) is 0. The fourth-order valence-corrected chi connectivity index (χ4v) is 2.80. The van der Waals surface area contributed by atoms with Crippen molar-refractivity contribution in [1.82, 2.24) is 15.1 Å². The number of nitrogens with one attached hydrogen (secondary N) is 1. The fraction of sp³-hybridized carbons (Fsp3) is 0.143. The summed E-state index contributed by atoms with van der Waals surface area (Å²) in [5.41, 5.74) is 8.42. The highest BCUT2D eigenvalue weighted by molar-refractivity contribution is 5.89. The van der Waals surface area contributed by atoms with Crippen molar-refractivity contribution in [3.63, 3.8) is 0 Å². The van der Waals surface area contributed by atoms with Crippen LogP contribution in [0.1, 0.15) is 32.9 Å². The molecule has 1 aromatic heterocycles. The Hall–Kier alpha value is -4.12. The number of aromatic nitrogens is 2. The normalized spacial score (nSPS) is 10.2. The Morgan fingerprint density at radius 2 is 1.86 bits per heavy atom. The van der Waals surface area contributed by atoms with Gasteiger partial charge in [0.1, 0.15) is 18.2 Å². The van der Waals surface area contributed by atoms with E-state index in [1.54, 1.807) is 35.9 Å². The van der Waals surface area contributed by atoms with E-state index in [2.05, 4.69) is 16.5 Å². The van der Waals surface area contributed by atoms with Crippen LogP contribution in [0.3, 0.4) is 0 Å². The van der Waals surface area contributed by atoms with Crippen molar-refractivity contribution in [2.24, 2.45) is 5.73 Å². The zero-order valence-electron chi connectivity index (χ0n) is 15.8. The number of amides is 2. The third-order valence-electron chi connectivity index (χ3n) is 4.26. The van der Waals surface area contributed by atoms with Gasteiger partial charge in [-0.3, -0.25) is 0 Å². The van der Waals surface area contributed by atoms with Gasteiger partial charge in [-0.25, -0.2) is 14.3 Å². The van der Waals surface area contributed by atoms with Crippen LogP contribution in [0.15, 0.2) is 54.6 Å². The van der Waals surface area contributed by atoms with Crippen molar-refractivity contribution >= 4 is 12.0 Å². The number of benzene rings is 2. The zero-order chi connectivity index (χ0) is 20.8. The molecule has 0 fully saturated rings. The number of primary amides is 1. The number of aryl methyl sites for hydroxylation is 1. The van der Waals surface area contributed by atoms with Crippen LogP contribution in [-0.4, -0.2) is 21.8 Å². The van der Waals surface area contributed by atoms with E-state index in [4.69, 9.17) is 10.5 Å². The van der Waals surface area contributed by atoms with Crippen LogP contribution in [0.25, 0.3) is 5.69 Å². The van der Waals surface area contributed by atoms with Gasteiger partial charge in [0, 0.05) is 6.54 Å². The second-order valence-corrected chi connectivity index (χ2v) is 6.26. The van der Waals surface area contributed by atoms with Crippen LogP contribution in [0.4, 0.5) is 4.79 Å². The molecule has 0 bridgehead atoms. The monoisotopic (exact) mass is 389 g/mol. The van der Waals surface area contributed by atoms with Crippen LogP contribution in [-0.2, 0) is 17.9 Å². The minimum atomic E-state index is -0.618. The number of nitrogens with two attached hydrogens (primary N) is 1. The Labute approximate surface area is 167 Å². The van der Waals surface area contributed by atoms with E-state index < -0.39 is 12.0 Å². The number of hydrogen-bond acceptors (Lipinski definition) is 5. The van der Waals surface area contributed by atoms with Crippen molar-refractivity contribution in [3.8, 4) is 11.8 Å². The van der Waals surface area contributed by atoms with Crippen LogP contribution in [0, 0.1) is 18.3 Å². The highest BCUT2D eigenvalue weighted by atomic mass is 16.5. The average Bonchev–Trinajstić information content (AvgIpc) is 3.06. The molecule has 0 aliphatic carbocycles. The Morgan fingerprint density at radius 1 is 1.17 bits per heavy atom. The molecule has 3 N–H and O–H groups in total. The highest BCUT2D eigenvalue weighted by Crippen LogP contribution is 2.19. The Balaban J connectivity index is 1.75. The van der Waals surface area contributed by atoms with Crippen molar-refractivity contribution in [1.29, 1.82) is 5.26 Å². The first-order valence-corrected chi connectivity index (χ1v) is 8.83. The topological polar surface area (TPSA) is 123 Å². The van der Waals surface area contributed by atoms with Crippen LogP contribution in [0.2, 0.25) is 0 Å². The molecular formula is C21H19N5O3.